The van der Waals surface area contributed by atoms with Crippen LogP contribution in [0.1, 0.15) is 33.7 Å². The number of hydrogen-bond acceptors (Lipinski definition) is 3. The summed E-state index contributed by atoms with van der Waals surface area (Å²) < 4.78 is 6.20. The van der Waals surface area contributed by atoms with E-state index in [2.05, 4.69) is 29.6 Å². The highest BCUT2D eigenvalue weighted by Gasteiger charge is 2.24. The van der Waals surface area contributed by atoms with Crippen LogP contribution in [0.2, 0.25) is 0 Å². The largest absolute Gasteiger partial charge is 0.461 e. The van der Waals surface area contributed by atoms with Crippen molar-refractivity contribution < 1.29 is 14.0 Å². The number of carbonyl (C=O) groups excluding carboxylic acids is 2. The van der Waals surface area contributed by atoms with Crippen LogP contribution < -0.4 is 5.32 Å². The van der Waals surface area contributed by atoms with Crippen molar-refractivity contribution in [2.24, 2.45) is 0 Å². The summed E-state index contributed by atoms with van der Waals surface area (Å²) in [7, 11) is 0. The second-order valence-electron chi connectivity index (χ2n) is 10.1. The number of amides is 2. The van der Waals surface area contributed by atoms with Gasteiger partial charge in [-0.1, -0.05) is 84.9 Å². The third kappa shape index (κ3) is 5.74. The van der Waals surface area contributed by atoms with Gasteiger partial charge in [-0.2, -0.15) is 0 Å². The van der Waals surface area contributed by atoms with E-state index in [0.29, 0.717) is 37.2 Å². The topological polar surface area (TPSA) is 62.6 Å². The first kappa shape index (κ1) is 25.4. The Kier molecular flexibility index (Phi) is 7.27. The Morgan fingerprint density at radius 1 is 0.750 bits per heavy atom. The van der Waals surface area contributed by atoms with Crippen LogP contribution in [0, 0.1) is 0 Å². The first-order valence-corrected chi connectivity index (χ1v) is 13.6. The summed E-state index contributed by atoms with van der Waals surface area (Å²) in [5, 5.41) is 3.01. The molecule has 5 aromatic rings. The molecule has 5 heteroatoms. The van der Waals surface area contributed by atoms with Crippen LogP contribution in [0.3, 0.4) is 0 Å². The minimum atomic E-state index is -0.167. The second-order valence-corrected chi connectivity index (χ2v) is 10.1. The zero-order chi connectivity index (χ0) is 27.3. The van der Waals surface area contributed by atoms with Crippen molar-refractivity contribution in [2.75, 3.05) is 11.9 Å². The molecule has 6 rings (SSSR count). The molecule has 0 aliphatic carbocycles. The van der Waals surface area contributed by atoms with Crippen LogP contribution in [-0.4, -0.2) is 23.3 Å². The lowest BCUT2D eigenvalue weighted by molar-refractivity contribution is -0.132. The van der Waals surface area contributed by atoms with Gasteiger partial charge in [0.1, 0.15) is 11.5 Å². The number of aryl methyl sites for hydroxylation is 1. The first-order valence-electron chi connectivity index (χ1n) is 13.6. The quantitative estimate of drug-likeness (QED) is 0.241. The molecule has 0 fully saturated rings. The third-order valence-corrected chi connectivity index (χ3v) is 7.35. The Bertz CT molecular complexity index is 1620. The van der Waals surface area contributed by atoms with Crippen LogP contribution in [0.5, 0.6) is 0 Å². The lowest BCUT2D eigenvalue weighted by Crippen LogP contribution is -2.35. The highest BCUT2D eigenvalue weighted by Crippen LogP contribution is 2.31. The minimum Gasteiger partial charge on any atom is -0.461 e. The van der Waals surface area contributed by atoms with Gasteiger partial charge in [0.15, 0.2) is 0 Å². The number of nitrogens with one attached hydrogen (secondary N) is 1. The Balaban J connectivity index is 1.10. The van der Waals surface area contributed by atoms with E-state index in [0.717, 1.165) is 40.2 Å². The predicted octanol–water partition coefficient (Wildman–Crippen LogP) is 7.38. The van der Waals surface area contributed by atoms with E-state index in [1.807, 2.05) is 95.9 Å². The Morgan fingerprint density at radius 3 is 2.23 bits per heavy atom. The predicted molar refractivity (Wildman–Crippen MR) is 158 cm³/mol. The van der Waals surface area contributed by atoms with Crippen molar-refractivity contribution in [2.45, 2.75) is 25.8 Å². The van der Waals surface area contributed by atoms with Gasteiger partial charge in [0, 0.05) is 48.3 Å². The van der Waals surface area contributed by atoms with Crippen molar-refractivity contribution in [3.8, 4) is 22.5 Å². The van der Waals surface area contributed by atoms with Crippen molar-refractivity contribution in [1.82, 2.24) is 4.90 Å². The summed E-state index contributed by atoms with van der Waals surface area (Å²) in [6, 6.07) is 37.5. The molecule has 0 bridgehead atoms. The Morgan fingerprint density at radius 2 is 1.45 bits per heavy atom. The summed E-state index contributed by atoms with van der Waals surface area (Å²) in [5.41, 5.74) is 6.57. The summed E-state index contributed by atoms with van der Waals surface area (Å²) in [5.74, 6) is 1.67. The zero-order valence-corrected chi connectivity index (χ0v) is 22.2. The average molecular weight is 527 g/mol. The van der Waals surface area contributed by atoms with Crippen molar-refractivity contribution in [1.29, 1.82) is 0 Å². The summed E-state index contributed by atoms with van der Waals surface area (Å²) in [4.78, 5) is 27.7. The number of benzene rings is 4. The molecule has 0 atom stereocenters. The molecule has 1 aromatic heterocycles. The van der Waals surface area contributed by atoms with Gasteiger partial charge in [-0.15, -0.1) is 0 Å². The maximum Gasteiger partial charge on any atom is 0.255 e. The number of fused-ring (bicyclic) bond motifs is 1. The van der Waals surface area contributed by atoms with Crippen LogP contribution in [0.4, 0.5) is 5.69 Å². The molecule has 1 N–H and O–H groups in total. The van der Waals surface area contributed by atoms with Gasteiger partial charge in [-0.05, 0) is 53.4 Å². The van der Waals surface area contributed by atoms with Gasteiger partial charge in [-0.3, -0.25) is 9.59 Å². The van der Waals surface area contributed by atoms with E-state index in [1.54, 1.807) is 0 Å². The van der Waals surface area contributed by atoms with Gasteiger partial charge in [0.2, 0.25) is 5.91 Å². The molecular weight excluding hydrogens is 496 g/mol. The monoisotopic (exact) mass is 526 g/mol. The number of rotatable bonds is 7. The molecule has 40 heavy (non-hydrogen) atoms. The van der Waals surface area contributed by atoms with E-state index < -0.39 is 0 Å². The van der Waals surface area contributed by atoms with E-state index in [9.17, 15) is 9.59 Å². The lowest BCUT2D eigenvalue weighted by atomic mass is 10.0. The molecule has 0 spiro atoms. The molecule has 0 unspecified atom stereocenters. The summed E-state index contributed by atoms with van der Waals surface area (Å²) >= 11 is 0. The number of furan rings is 1. The normalized spacial score (nSPS) is 12.6. The van der Waals surface area contributed by atoms with E-state index in [-0.39, 0.29) is 11.8 Å². The zero-order valence-electron chi connectivity index (χ0n) is 22.2. The van der Waals surface area contributed by atoms with E-state index in [1.165, 1.54) is 5.56 Å². The fourth-order valence-electron chi connectivity index (χ4n) is 5.14. The molecule has 0 saturated heterocycles. The van der Waals surface area contributed by atoms with Crippen molar-refractivity contribution in [3.05, 3.63) is 138 Å². The third-order valence-electron chi connectivity index (χ3n) is 7.35. The lowest BCUT2D eigenvalue weighted by Gasteiger charge is -2.26. The SMILES string of the molecule is O=C(Nc1cccc(-c2cc3c(o2)CCN(C(=O)CCc2ccccc2)C3)c1)c1ccc(-c2ccccc2)cc1. The fraction of sp³-hybridized carbons (Fsp3) is 0.143. The van der Waals surface area contributed by atoms with E-state index in [4.69, 9.17) is 4.42 Å². The number of nitrogens with zero attached hydrogens (tertiary/aromatic N) is 1. The van der Waals surface area contributed by atoms with Crippen LogP contribution in [0.15, 0.2) is 120 Å². The molecule has 198 valence electrons. The van der Waals surface area contributed by atoms with Crippen molar-refractivity contribution >= 4 is 17.5 Å². The highest BCUT2D eigenvalue weighted by molar-refractivity contribution is 6.04. The average Bonchev–Trinajstić information content (AvgIpc) is 3.45. The van der Waals surface area contributed by atoms with Crippen LogP contribution in [-0.2, 0) is 24.2 Å². The molecule has 4 aromatic carbocycles. The minimum absolute atomic E-state index is 0.166. The molecule has 1 aliphatic rings. The number of carbonyl (C=O) groups is 2. The first-order chi connectivity index (χ1) is 19.6. The molecule has 5 nitrogen and oxygen atoms in total. The molecule has 2 amide bonds. The molecule has 0 radical (unpaired) electrons. The molecule has 0 saturated carbocycles. The maximum atomic E-state index is 12.9. The molecular formula is C35H30N2O3. The second kappa shape index (κ2) is 11.5. The van der Waals surface area contributed by atoms with E-state index >= 15 is 0 Å². The fourth-order valence-corrected chi connectivity index (χ4v) is 5.14. The Labute approximate surface area is 234 Å². The van der Waals surface area contributed by atoms with Gasteiger partial charge >= 0.3 is 0 Å². The number of hydrogen-bond donors (Lipinski definition) is 1. The van der Waals surface area contributed by atoms with Gasteiger partial charge in [-0.25, -0.2) is 0 Å². The van der Waals surface area contributed by atoms with Gasteiger partial charge < -0.3 is 14.6 Å². The summed E-state index contributed by atoms with van der Waals surface area (Å²) in [6.45, 7) is 1.22. The van der Waals surface area contributed by atoms with Crippen LogP contribution >= 0.6 is 0 Å². The maximum absolute atomic E-state index is 12.9. The van der Waals surface area contributed by atoms with Crippen molar-refractivity contribution in [3.63, 3.8) is 0 Å². The highest BCUT2D eigenvalue weighted by atomic mass is 16.3. The van der Waals surface area contributed by atoms with Crippen LogP contribution in [0.25, 0.3) is 22.5 Å². The Hall–Kier alpha value is -4.90. The molecule has 1 aliphatic heterocycles. The smallest absolute Gasteiger partial charge is 0.255 e. The number of anilines is 1. The van der Waals surface area contributed by atoms with Gasteiger partial charge in [0.05, 0.1) is 0 Å². The molecule has 2 heterocycles. The standard InChI is InChI=1S/C35H30N2O3/c38-34(19-14-25-8-3-1-4-9-25)37-21-20-32-30(24-37)23-33(40-32)29-12-7-13-31(22-29)36-35(39)28-17-15-27(16-18-28)26-10-5-2-6-11-26/h1-13,15-18,22-23H,14,19-21,24H2,(H,36,39). The van der Waals surface area contributed by atoms with Gasteiger partial charge in [0.25, 0.3) is 5.91 Å². The summed E-state index contributed by atoms with van der Waals surface area (Å²) in [6.07, 6.45) is 1.94.